The first-order valence-corrected chi connectivity index (χ1v) is 12.8. The molecule has 1 unspecified atom stereocenters. The molecule has 0 radical (unpaired) electrons. The van der Waals surface area contributed by atoms with Gasteiger partial charge >= 0.3 is 0 Å². The van der Waals surface area contributed by atoms with Crippen molar-refractivity contribution in [1.82, 2.24) is 4.31 Å². The van der Waals surface area contributed by atoms with Crippen molar-refractivity contribution in [2.45, 2.75) is 43.4 Å². The number of sulfonamides is 1. The zero-order valence-electron chi connectivity index (χ0n) is 18.8. The number of carbonyl (C=O) groups is 1. The number of anilines is 1. The van der Waals surface area contributed by atoms with E-state index in [9.17, 15) is 13.2 Å². The van der Waals surface area contributed by atoms with Gasteiger partial charge in [-0.3, -0.25) is 4.79 Å². The SMILES string of the molecule is COc1ccccc1Oc1ccc(S(=O)(=O)N2CCCCC2)cc1NC(=O)C1CC=CCC1. The van der Waals surface area contributed by atoms with Crippen LogP contribution in [0.1, 0.15) is 38.5 Å². The average Bonchev–Trinajstić information content (AvgIpc) is 2.86. The number of ether oxygens (including phenoxy) is 2. The molecule has 1 heterocycles. The summed E-state index contributed by atoms with van der Waals surface area (Å²) < 4.78 is 39.4. The Balaban J connectivity index is 1.67. The lowest BCUT2D eigenvalue weighted by Crippen LogP contribution is -2.35. The summed E-state index contributed by atoms with van der Waals surface area (Å²) in [5, 5.41) is 2.93. The van der Waals surface area contributed by atoms with Gasteiger partial charge in [-0.2, -0.15) is 4.31 Å². The average molecular weight is 471 g/mol. The number of hydrogen-bond donors (Lipinski definition) is 1. The van der Waals surface area contributed by atoms with Gasteiger partial charge in [0, 0.05) is 19.0 Å². The zero-order valence-corrected chi connectivity index (χ0v) is 19.6. The number of nitrogens with zero attached hydrogens (tertiary/aromatic N) is 1. The summed E-state index contributed by atoms with van der Waals surface area (Å²) in [6.07, 6.45) is 9.11. The minimum absolute atomic E-state index is 0.142. The second-order valence-corrected chi connectivity index (χ2v) is 10.3. The molecule has 0 spiro atoms. The van der Waals surface area contributed by atoms with Crippen LogP contribution < -0.4 is 14.8 Å². The van der Waals surface area contributed by atoms with Gasteiger partial charge in [0.25, 0.3) is 0 Å². The van der Waals surface area contributed by atoms with Crippen LogP contribution in [0.2, 0.25) is 0 Å². The van der Waals surface area contributed by atoms with Crippen molar-refractivity contribution in [1.29, 1.82) is 0 Å². The number of hydrogen-bond acceptors (Lipinski definition) is 5. The molecule has 8 heteroatoms. The van der Waals surface area contributed by atoms with Crippen LogP contribution in [0.4, 0.5) is 5.69 Å². The number of para-hydroxylation sites is 2. The first-order valence-electron chi connectivity index (χ1n) is 11.4. The van der Waals surface area contributed by atoms with Crippen molar-refractivity contribution < 1.29 is 22.7 Å². The molecule has 0 bridgehead atoms. The monoisotopic (exact) mass is 470 g/mol. The topological polar surface area (TPSA) is 84.9 Å². The Labute approximate surface area is 195 Å². The molecule has 1 amide bonds. The molecule has 33 heavy (non-hydrogen) atoms. The Morgan fingerprint density at radius 3 is 2.45 bits per heavy atom. The van der Waals surface area contributed by atoms with E-state index in [-0.39, 0.29) is 16.7 Å². The number of piperidine rings is 1. The largest absolute Gasteiger partial charge is 0.493 e. The van der Waals surface area contributed by atoms with Gasteiger partial charge in [-0.15, -0.1) is 0 Å². The van der Waals surface area contributed by atoms with Crippen molar-refractivity contribution in [3.05, 3.63) is 54.6 Å². The highest BCUT2D eigenvalue weighted by atomic mass is 32.2. The molecule has 0 aromatic heterocycles. The van der Waals surface area contributed by atoms with Crippen LogP contribution in [0.3, 0.4) is 0 Å². The summed E-state index contributed by atoms with van der Waals surface area (Å²) in [6, 6.07) is 11.8. The molecule has 2 aromatic rings. The molecule has 2 aliphatic rings. The Hall–Kier alpha value is -2.84. The zero-order chi connectivity index (χ0) is 23.3. The number of amides is 1. The fourth-order valence-electron chi connectivity index (χ4n) is 4.20. The third-order valence-corrected chi connectivity index (χ3v) is 7.99. The van der Waals surface area contributed by atoms with E-state index in [0.717, 1.165) is 32.1 Å². The molecule has 176 valence electrons. The Morgan fingerprint density at radius 2 is 1.76 bits per heavy atom. The van der Waals surface area contributed by atoms with Gasteiger partial charge in [0.1, 0.15) is 0 Å². The van der Waals surface area contributed by atoms with Crippen LogP contribution in [-0.4, -0.2) is 38.8 Å². The molecule has 2 aromatic carbocycles. The number of benzene rings is 2. The number of carbonyl (C=O) groups excluding carboxylic acids is 1. The lowest BCUT2D eigenvalue weighted by atomic mass is 9.93. The molecule has 1 N–H and O–H groups in total. The van der Waals surface area contributed by atoms with Gasteiger partial charge in [-0.1, -0.05) is 30.7 Å². The molecule has 1 fully saturated rings. The van der Waals surface area contributed by atoms with Gasteiger partial charge in [0.15, 0.2) is 17.2 Å². The Morgan fingerprint density at radius 1 is 1.00 bits per heavy atom. The predicted molar refractivity (Wildman–Crippen MR) is 127 cm³/mol. The minimum atomic E-state index is -3.66. The molecule has 1 aliphatic carbocycles. The van der Waals surface area contributed by atoms with E-state index >= 15 is 0 Å². The quantitative estimate of drug-likeness (QED) is 0.579. The summed E-state index contributed by atoms with van der Waals surface area (Å²) in [6.45, 7) is 1.02. The van der Waals surface area contributed by atoms with Gasteiger partial charge in [-0.25, -0.2) is 8.42 Å². The highest BCUT2D eigenvalue weighted by Gasteiger charge is 2.28. The van der Waals surface area contributed by atoms with Crippen molar-refractivity contribution in [3.63, 3.8) is 0 Å². The molecular formula is C25H30N2O5S. The van der Waals surface area contributed by atoms with E-state index < -0.39 is 10.0 Å². The van der Waals surface area contributed by atoms with E-state index in [1.54, 1.807) is 25.3 Å². The van der Waals surface area contributed by atoms with E-state index in [1.165, 1.54) is 16.4 Å². The highest BCUT2D eigenvalue weighted by molar-refractivity contribution is 7.89. The number of methoxy groups -OCH3 is 1. The van der Waals surface area contributed by atoms with Crippen LogP contribution in [0, 0.1) is 5.92 Å². The van der Waals surface area contributed by atoms with Gasteiger partial charge in [0.2, 0.25) is 15.9 Å². The minimum Gasteiger partial charge on any atom is -0.493 e. The van der Waals surface area contributed by atoms with Gasteiger partial charge in [0.05, 0.1) is 17.7 Å². The molecule has 1 saturated heterocycles. The molecule has 4 rings (SSSR count). The maximum atomic E-state index is 13.2. The van der Waals surface area contributed by atoms with Crippen molar-refractivity contribution in [3.8, 4) is 17.2 Å². The number of nitrogens with one attached hydrogen (secondary N) is 1. The smallest absolute Gasteiger partial charge is 0.243 e. The third kappa shape index (κ3) is 5.39. The number of rotatable bonds is 7. The van der Waals surface area contributed by atoms with Crippen molar-refractivity contribution >= 4 is 21.6 Å². The summed E-state index contributed by atoms with van der Waals surface area (Å²) in [5.74, 6) is 1.07. The van der Waals surface area contributed by atoms with E-state index in [1.807, 2.05) is 18.2 Å². The van der Waals surface area contributed by atoms with Crippen LogP contribution in [0.15, 0.2) is 59.5 Å². The lowest BCUT2D eigenvalue weighted by Gasteiger charge is -2.26. The van der Waals surface area contributed by atoms with Crippen LogP contribution >= 0.6 is 0 Å². The van der Waals surface area contributed by atoms with Crippen molar-refractivity contribution in [2.24, 2.45) is 5.92 Å². The fourth-order valence-corrected chi connectivity index (χ4v) is 5.74. The first-order chi connectivity index (χ1) is 16.0. The molecule has 0 saturated carbocycles. The Bertz CT molecular complexity index is 1120. The predicted octanol–water partition coefficient (Wildman–Crippen LogP) is 4.96. The van der Waals surface area contributed by atoms with Gasteiger partial charge < -0.3 is 14.8 Å². The summed E-state index contributed by atoms with van der Waals surface area (Å²) in [7, 11) is -2.11. The van der Waals surface area contributed by atoms with Crippen LogP contribution in [0.5, 0.6) is 17.2 Å². The maximum absolute atomic E-state index is 13.2. The van der Waals surface area contributed by atoms with E-state index in [0.29, 0.717) is 42.4 Å². The van der Waals surface area contributed by atoms with Crippen LogP contribution in [0.25, 0.3) is 0 Å². The van der Waals surface area contributed by atoms with E-state index in [2.05, 4.69) is 11.4 Å². The highest BCUT2D eigenvalue weighted by Crippen LogP contribution is 2.37. The lowest BCUT2D eigenvalue weighted by molar-refractivity contribution is -0.120. The number of allylic oxidation sites excluding steroid dienone is 2. The molecule has 7 nitrogen and oxygen atoms in total. The summed E-state index contributed by atoms with van der Waals surface area (Å²) >= 11 is 0. The maximum Gasteiger partial charge on any atom is 0.243 e. The molecular weight excluding hydrogens is 440 g/mol. The van der Waals surface area contributed by atoms with Crippen molar-refractivity contribution in [2.75, 3.05) is 25.5 Å². The third-order valence-electron chi connectivity index (χ3n) is 6.09. The summed E-state index contributed by atoms with van der Waals surface area (Å²) in [4.78, 5) is 13.1. The molecule has 1 aliphatic heterocycles. The second kappa shape index (κ2) is 10.4. The summed E-state index contributed by atoms with van der Waals surface area (Å²) in [5.41, 5.74) is 0.332. The first kappa shape index (κ1) is 23.3. The second-order valence-electron chi connectivity index (χ2n) is 8.35. The van der Waals surface area contributed by atoms with Crippen LogP contribution in [-0.2, 0) is 14.8 Å². The normalized spacial score (nSPS) is 19.1. The fraction of sp³-hybridized carbons (Fsp3) is 0.400. The molecule has 1 atom stereocenters. The van der Waals surface area contributed by atoms with Gasteiger partial charge in [-0.05, 0) is 62.4 Å². The standard InChI is InChI=1S/C25H30N2O5S/c1-31-23-12-6-7-13-24(23)32-22-15-14-20(33(29,30)27-16-8-3-9-17-27)18-21(22)26-25(28)19-10-4-2-5-11-19/h2,4,6-7,12-15,18-19H,3,5,8-11,16-17H2,1H3,(H,26,28). The Kier molecular flexibility index (Phi) is 7.35. The van der Waals surface area contributed by atoms with E-state index in [4.69, 9.17) is 9.47 Å².